The summed E-state index contributed by atoms with van der Waals surface area (Å²) in [5.74, 6) is 0.0519. The number of hydrogen-bond donors (Lipinski definition) is 2. The van der Waals surface area contributed by atoms with E-state index in [1.165, 1.54) is 11.1 Å². The summed E-state index contributed by atoms with van der Waals surface area (Å²) in [6.45, 7) is 14.7. The molecule has 16 heteroatoms. The second kappa shape index (κ2) is 28.9. The quantitative estimate of drug-likeness (QED) is 0.145. The zero-order chi connectivity index (χ0) is 50.1. The van der Waals surface area contributed by atoms with Gasteiger partial charge in [-0.1, -0.05) is 98.8 Å². The lowest BCUT2D eigenvalue weighted by Gasteiger charge is -2.30. The van der Waals surface area contributed by atoms with Gasteiger partial charge in [-0.15, -0.1) is 0 Å². The van der Waals surface area contributed by atoms with Crippen molar-refractivity contribution in [1.29, 1.82) is 0 Å². The normalized spacial score (nSPS) is 18.9. The smallest absolute Gasteiger partial charge is 0.320 e. The van der Waals surface area contributed by atoms with Crippen LogP contribution in [0.2, 0.25) is 0 Å². The predicted molar refractivity (Wildman–Crippen MR) is 312 cm³/mol. The Labute approximate surface area is 457 Å². The van der Waals surface area contributed by atoms with E-state index >= 15 is 0 Å². The highest BCUT2D eigenvalue weighted by atomic mass is 32.1. The molecule has 8 rings (SSSR count). The van der Waals surface area contributed by atoms with Crippen molar-refractivity contribution in [3.8, 4) is 22.3 Å². The Bertz CT molecular complexity index is 2420. The van der Waals surface area contributed by atoms with Crippen LogP contribution >= 0.6 is 27.0 Å². The maximum Gasteiger partial charge on any atom is 0.320 e. The van der Waals surface area contributed by atoms with Gasteiger partial charge >= 0.3 is 12.1 Å². The molecular weight excluding hydrogens is 967 g/mol. The number of likely N-dealkylation sites (N-methyl/N-ethyl adjacent to an activating group) is 4. The van der Waals surface area contributed by atoms with Crippen LogP contribution in [0.15, 0.2) is 97.1 Å². The number of nitrogens with one attached hydrogen (secondary N) is 2. The summed E-state index contributed by atoms with van der Waals surface area (Å²) < 4.78 is 0. The van der Waals surface area contributed by atoms with Crippen LogP contribution in [0.4, 0.5) is 9.59 Å². The molecule has 2 unspecified atom stereocenters. The van der Waals surface area contributed by atoms with Crippen molar-refractivity contribution < 1.29 is 24.0 Å². The summed E-state index contributed by atoms with van der Waals surface area (Å²) in [6.07, 6.45) is 3.96. The van der Waals surface area contributed by atoms with Gasteiger partial charge in [-0.3, -0.25) is 14.4 Å². The van der Waals surface area contributed by atoms with Gasteiger partial charge in [-0.2, -0.15) is 27.0 Å². The molecule has 0 bridgehead atoms. The van der Waals surface area contributed by atoms with Crippen LogP contribution in [0, 0.1) is 13.8 Å². The molecular formula is C58H87N9O5S2. The number of carbonyl (C=O) groups excluding carboxylic acids is 5. The maximum absolute atomic E-state index is 13.3. The number of hydrogen-bond acceptors (Lipinski definition) is 7. The van der Waals surface area contributed by atoms with Gasteiger partial charge in [0.15, 0.2) is 0 Å². The third kappa shape index (κ3) is 16.0. The molecule has 0 radical (unpaired) electrons. The van der Waals surface area contributed by atoms with Gasteiger partial charge in [0.2, 0.25) is 5.91 Å². The second-order valence-electron chi connectivity index (χ2n) is 20.1. The van der Waals surface area contributed by atoms with Crippen molar-refractivity contribution in [1.82, 2.24) is 44.9 Å². The molecule has 406 valence electrons. The first-order valence-corrected chi connectivity index (χ1v) is 25.2. The van der Waals surface area contributed by atoms with Crippen LogP contribution in [0.1, 0.15) is 92.6 Å². The number of aryl methyl sites for hydroxylation is 2. The van der Waals surface area contributed by atoms with E-state index in [1.54, 1.807) is 9.80 Å². The van der Waals surface area contributed by atoms with Crippen LogP contribution in [-0.2, 0) is 4.79 Å². The molecule has 0 aliphatic carbocycles. The van der Waals surface area contributed by atoms with E-state index in [1.807, 2.05) is 110 Å². The minimum atomic E-state index is -0.0222. The van der Waals surface area contributed by atoms with Gasteiger partial charge in [0.1, 0.15) is 0 Å². The summed E-state index contributed by atoms with van der Waals surface area (Å²) >= 11 is 0. The number of likely N-dealkylation sites (tertiary alicyclic amines) is 3. The summed E-state index contributed by atoms with van der Waals surface area (Å²) in [4.78, 5) is 77.7. The Morgan fingerprint density at radius 2 is 0.919 bits per heavy atom. The molecule has 74 heavy (non-hydrogen) atoms. The average Bonchev–Trinajstić information content (AvgIpc) is 4.24. The molecule has 4 aromatic rings. The highest BCUT2D eigenvalue weighted by Crippen LogP contribution is 2.26. The molecule has 0 saturated carbocycles. The van der Waals surface area contributed by atoms with Crippen LogP contribution in [0.25, 0.3) is 22.3 Å². The van der Waals surface area contributed by atoms with Gasteiger partial charge in [0.25, 0.3) is 11.8 Å². The SMILES string of the molecule is C.C.Cc1ccc(-c2ccc(C(=O)N(C)[C@H]3CCN(C(=O)N(C)C4CCN(CCC(=O)NC(C)C)C4)C3)cc2)cc1.Cc1ccc(-c2ccc(C(=O)N(C)[C@H]3CCN(C(=O)N(C)C4CCNC4)C3)cc2)cc1.S.S. The summed E-state index contributed by atoms with van der Waals surface area (Å²) in [5.41, 5.74) is 8.23. The Morgan fingerprint density at radius 3 is 1.31 bits per heavy atom. The summed E-state index contributed by atoms with van der Waals surface area (Å²) in [5, 5.41) is 6.24. The van der Waals surface area contributed by atoms with E-state index < -0.39 is 0 Å². The fraction of sp³-hybridized carbons (Fsp3) is 0.500. The van der Waals surface area contributed by atoms with Crippen LogP contribution in [0.5, 0.6) is 0 Å². The van der Waals surface area contributed by atoms with Crippen molar-refractivity contribution in [3.05, 3.63) is 119 Å². The monoisotopic (exact) mass is 1050 g/mol. The number of carbonyl (C=O) groups is 5. The summed E-state index contributed by atoms with van der Waals surface area (Å²) in [6, 6.07) is 33.0. The van der Waals surface area contributed by atoms with E-state index in [2.05, 4.69) is 77.9 Å². The van der Waals surface area contributed by atoms with Gasteiger partial charge in [0.05, 0.1) is 12.1 Å². The average molecular weight is 1050 g/mol. The Kier molecular flexibility index (Phi) is 24.5. The predicted octanol–water partition coefficient (Wildman–Crippen LogP) is 8.57. The zero-order valence-electron chi connectivity index (χ0n) is 43.7. The lowest BCUT2D eigenvalue weighted by atomic mass is 10.0. The number of urea groups is 2. The molecule has 4 aliphatic heterocycles. The molecule has 4 heterocycles. The molecule has 14 nitrogen and oxygen atoms in total. The largest absolute Gasteiger partial charge is 0.354 e. The topological polar surface area (TPSA) is 132 Å². The number of nitrogens with zero attached hydrogens (tertiary/aromatic N) is 7. The van der Waals surface area contributed by atoms with Gasteiger partial charge in [-0.25, -0.2) is 9.59 Å². The van der Waals surface area contributed by atoms with E-state index in [0.29, 0.717) is 50.3 Å². The minimum absolute atomic E-state index is 0. The van der Waals surface area contributed by atoms with Crippen molar-refractivity contribution in [2.45, 2.75) is 105 Å². The van der Waals surface area contributed by atoms with Crippen molar-refractivity contribution in [3.63, 3.8) is 0 Å². The first-order chi connectivity index (χ1) is 33.6. The fourth-order valence-electron chi connectivity index (χ4n) is 10.0. The van der Waals surface area contributed by atoms with Crippen LogP contribution < -0.4 is 10.6 Å². The molecule has 4 atom stereocenters. The minimum Gasteiger partial charge on any atom is -0.354 e. The molecule has 0 aromatic heterocycles. The number of amides is 7. The van der Waals surface area contributed by atoms with E-state index in [-0.39, 0.29) is 102 Å². The molecule has 4 saturated heterocycles. The van der Waals surface area contributed by atoms with Crippen molar-refractivity contribution in [2.75, 3.05) is 87.1 Å². The second-order valence-corrected chi connectivity index (χ2v) is 20.1. The molecule has 4 aliphatic rings. The number of benzene rings is 4. The first-order valence-electron chi connectivity index (χ1n) is 25.2. The van der Waals surface area contributed by atoms with Gasteiger partial charge in [0, 0.05) is 116 Å². The zero-order valence-corrected chi connectivity index (χ0v) is 45.7. The fourth-order valence-corrected chi connectivity index (χ4v) is 10.0. The van der Waals surface area contributed by atoms with Crippen molar-refractivity contribution in [2.24, 2.45) is 0 Å². The van der Waals surface area contributed by atoms with Crippen molar-refractivity contribution >= 4 is 56.8 Å². The van der Waals surface area contributed by atoms with E-state index in [4.69, 9.17) is 0 Å². The lowest BCUT2D eigenvalue weighted by molar-refractivity contribution is -0.121. The Hall–Kier alpha value is -5.55. The third-order valence-electron chi connectivity index (χ3n) is 14.7. The lowest BCUT2D eigenvalue weighted by Crippen LogP contribution is -2.47. The van der Waals surface area contributed by atoms with Gasteiger partial charge in [-0.05, 0) is 106 Å². The van der Waals surface area contributed by atoms with Crippen LogP contribution in [0.3, 0.4) is 0 Å². The first kappa shape index (κ1) is 62.7. The molecule has 0 spiro atoms. The van der Waals surface area contributed by atoms with E-state index in [9.17, 15) is 24.0 Å². The van der Waals surface area contributed by atoms with Gasteiger partial charge < -0.3 is 44.9 Å². The standard InChI is InChI=1S/C31H43N5O3.C25H32N4O2.2CH4.2H2S/c1-22(2)32-29(37)16-18-35-17-14-27(20-35)34(5)31(39)36-19-15-28(21-36)33(4)30(38)26-12-10-25(11-13-26)24-8-6-23(3)7-9-24;1-18-4-6-19(7-5-18)20-8-10-21(11-9-20)24(30)27(2)23-13-15-29(17-23)25(31)28(3)22-12-14-26-16-22;;;;/h6-13,22,27-28H,14-21H2,1-5H3,(H,32,37);4-11,22-23,26H,12-17H2,1-3H3;2*1H4;2*1H2/t27?,28-;22?,23-;;;;/m00..../s1. The number of rotatable bonds is 12. The van der Waals surface area contributed by atoms with Crippen LogP contribution in [-0.4, -0.2) is 181 Å². The maximum atomic E-state index is 13.3. The van der Waals surface area contributed by atoms with E-state index in [0.717, 1.165) is 74.1 Å². The third-order valence-corrected chi connectivity index (χ3v) is 14.7. The molecule has 4 aromatic carbocycles. The molecule has 2 N–H and O–H groups in total. The highest BCUT2D eigenvalue weighted by molar-refractivity contribution is 7.59. The summed E-state index contributed by atoms with van der Waals surface area (Å²) in [7, 11) is 7.44. The molecule has 7 amide bonds. The Morgan fingerprint density at radius 1 is 0.541 bits per heavy atom. The Balaban J connectivity index is 0.000000378. The molecule has 4 fully saturated rings. The highest BCUT2D eigenvalue weighted by Gasteiger charge is 2.37.